The zero-order chi connectivity index (χ0) is 28.9. The van der Waals surface area contributed by atoms with Gasteiger partial charge in [-0.3, -0.25) is 24.3 Å². The van der Waals surface area contributed by atoms with E-state index in [0.717, 1.165) is 6.20 Å². The Morgan fingerprint density at radius 1 is 1.03 bits per heavy atom. The number of aliphatic hydroxyl groups is 1. The van der Waals surface area contributed by atoms with E-state index in [1.54, 1.807) is 13.8 Å². The molecule has 0 aliphatic carbocycles. The van der Waals surface area contributed by atoms with Gasteiger partial charge in [-0.1, -0.05) is 11.6 Å². The number of aryl methyl sites for hydroxylation is 2. The first-order valence-corrected chi connectivity index (χ1v) is 12.3. The van der Waals surface area contributed by atoms with Crippen LogP contribution in [0.25, 0.3) is 16.9 Å². The Hall–Kier alpha value is -3.63. The van der Waals surface area contributed by atoms with Gasteiger partial charge in [0.15, 0.2) is 21.5 Å². The van der Waals surface area contributed by atoms with Gasteiger partial charge in [0.1, 0.15) is 39.4 Å². The number of ether oxygens (including phenoxy) is 1. The molecule has 4 rings (SSSR count). The van der Waals surface area contributed by atoms with Crippen molar-refractivity contribution in [1.29, 1.82) is 0 Å². The van der Waals surface area contributed by atoms with E-state index >= 15 is 4.39 Å². The number of pyridine rings is 4. The Morgan fingerprint density at radius 2 is 1.72 bits per heavy atom. The molecule has 0 radical (unpaired) electrons. The molecule has 0 amide bonds. The van der Waals surface area contributed by atoms with Crippen LogP contribution in [-0.2, 0) is 11.0 Å². The third-order valence-corrected chi connectivity index (χ3v) is 6.45. The molecule has 0 aromatic carbocycles. The number of hydrogen-bond donors (Lipinski definition) is 1. The summed E-state index contributed by atoms with van der Waals surface area (Å²) >= 11 is 6.44. The van der Waals surface area contributed by atoms with E-state index in [4.69, 9.17) is 16.3 Å². The maximum atomic E-state index is 15.3. The fraction of sp³-hybridized carbons (Fsp3) is 0.231. The molecule has 4 aromatic heterocycles. The first-order chi connectivity index (χ1) is 18.1. The van der Waals surface area contributed by atoms with Crippen LogP contribution < -0.4 is 10.3 Å². The lowest BCUT2D eigenvalue weighted by atomic mass is 9.62. The molecular weight excluding hydrogens is 530 g/mol. The van der Waals surface area contributed by atoms with Gasteiger partial charge in [-0.25, -0.2) is 13.2 Å². The maximum absolute atomic E-state index is 15.3. The van der Waals surface area contributed by atoms with Gasteiger partial charge in [0.25, 0.3) is 5.56 Å². The SMILES string of the molecule is BC(B)(Oc1cc(C)n(-c2cc(-c3ccnc(C(C)(C)O)c3F)ncc2C)c(=O)c1Cl)c1ncc(F)cc1F. The molecule has 0 atom stereocenters. The molecule has 0 aliphatic heterocycles. The first kappa shape index (κ1) is 28.4. The van der Waals surface area contributed by atoms with E-state index in [1.165, 1.54) is 64.7 Å². The summed E-state index contributed by atoms with van der Waals surface area (Å²) in [5.74, 6) is -2.49. The molecule has 13 heteroatoms. The lowest BCUT2D eigenvalue weighted by molar-refractivity contribution is 0.0696. The Morgan fingerprint density at radius 3 is 2.36 bits per heavy atom. The van der Waals surface area contributed by atoms with Gasteiger partial charge < -0.3 is 9.84 Å². The zero-order valence-corrected chi connectivity index (χ0v) is 22.9. The molecule has 0 saturated heterocycles. The van der Waals surface area contributed by atoms with Crippen LogP contribution in [0.2, 0.25) is 5.02 Å². The van der Waals surface area contributed by atoms with E-state index in [9.17, 15) is 18.7 Å². The number of rotatable bonds is 6. The normalized spacial score (nSPS) is 12.0. The van der Waals surface area contributed by atoms with Crippen molar-refractivity contribution in [3.8, 4) is 22.7 Å². The van der Waals surface area contributed by atoms with Crippen molar-refractivity contribution in [2.45, 2.75) is 38.7 Å². The molecular formula is C26H24B2ClF3N4O3. The van der Waals surface area contributed by atoms with E-state index < -0.39 is 34.0 Å². The van der Waals surface area contributed by atoms with Gasteiger partial charge in [-0.2, -0.15) is 0 Å². The fourth-order valence-corrected chi connectivity index (χ4v) is 4.38. The van der Waals surface area contributed by atoms with Crippen LogP contribution in [0.1, 0.15) is 36.5 Å². The third kappa shape index (κ3) is 5.44. The van der Waals surface area contributed by atoms with Crippen molar-refractivity contribution in [2.24, 2.45) is 0 Å². The van der Waals surface area contributed by atoms with Crippen molar-refractivity contribution < 1.29 is 23.0 Å². The minimum absolute atomic E-state index is 0.0205. The highest BCUT2D eigenvalue weighted by Crippen LogP contribution is 2.32. The van der Waals surface area contributed by atoms with Crippen molar-refractivity contribution in [3.05, 3.63) is 98.3 Å². The van der Waals surface area contributed by atoms with Crippen molar-refractivity contribution in [1.82, 2.24) is 19.5 Å². The van der Waals surface area contributed by atoms with Gasteiger partial charge in [0.2, 0.25) is 0 Å². The summed E-state index contributed by atoms with van der Waals surface area (Å²) in [5.41, 5.74) is -0.759. The summed E-state index contributed by atoms with van der Waals surface area (Å²) in [4.78, 5) is 25.6. The predicted octanol–water partition coefficient (Wildman–Crippen LogP) is 3.06. The second-order valence-electron chi connectivity index (χ2n) is 10.1. The maximum Gasteiger partial charge on any atom is 0.277 e. The number of nitrogens with zero attached hydrogens (tertiary/aromatic N) is 4. The van der Waals surface area contributed by atoms with Crippen LogP contribution in [0.5, 0.6) is 5.75 Å². The zero-order valence-electron chi connectivity index (χ0n) is 22.1. The Balaban J connectivity index is 1.80. The van der Waals surface area contributed by atoms with Crippen molar-refractivity contribution in [2.75, 3.05) is 0 Å². The van der Waals surface area contributed by atoms with Crippen LogP contribution in [0.3, 0.4) is 0 Å². The number of aromatic nitrogens is 4. The average molecular weight is 555 g/mol. The largest absolute Gasteiger partial charge is 0.498 e. The molecule has 0 aliphatic rings. The molecule has 0 saturated carbocycles. The van der Waals surface area contributed by atoms with E-state index in [2.05, 4.69) is 15.0 Å². The Bertz CT molecular complexity index is 1660. The molecule has 39 heavy (non-hydrogen) atoms. The van der Waals surface area contributed by atoms with E-state index in [1.807, 2.05) is 0 Å². The van der Waals surface area contributed by atoms with Crippen LogP contribution >= 0.6 is 11.6 Å². The monoisotopic (exact) mass is 554 g/mol. The molecule has 0 fully saturated rings. The highest BCUT2D eigenvalue weighted by Gasteiger charge is 2.30. The van der Waals surface area contributed by atoms with Gasteiger partial charge in [0, 0.05) is 35.8 Å². The average Bonchev–Trinajstić information content (AvgIpc) is 2.82. The molecule has 1 N–H and O–H groups in total. The lowest BCUT2D eigenvalue weighted by Gasteiger charge is -2.28. The second-order valence-corrected chi connectivity index (χ2v) is 10.5. The van der Waals surface area contributed by atoms with Crippen LogP contribution in [0.15, 0.2) is 47.7 Å². The summed E-state index contributed by atoms with van der Waals surface area (Å²) < 4.78 is 50.3. The topological polar surface area (TPSA) is 90.1 Å². The summed E-state index contributed by atoms with van der Waals surface area (Å²) in [6, 6.07) is 5.16. The van der Waals surface area contributed by atoms with Gasteiger partial charge in [-0.05, 0) is 45.4 Å². The second kappa shape index (κ2) is 10.2. The lowest BCUT2D eigenvalue weighted by Crippen LogP contribution is -2.37. The summed E-state index contributed by atoms with van der Waals surface area (Å²) in [5, 5.41) is 8.61. The van der Waals surface area contributed by atoms with Gasteiger partial charge in [0.05, 0.1) is 23.0 Å². The number of hydrogen-bond acceptors (Lipinski definition) is 6. The molecule has 0 unspecified atom stereocenters. The summed E-state index contributed by atoms with van der Waals surface area (Å²) in [6.07, 6.45) is 3.73. The molecule has 200 valence electrons. The standard InChI is InChI=1S/C26H24B2ClF3N4O3/c1-12-10-34-17(15-5-6-33-23(21(15)32)25(3,4)38)9-18(12)36-13(2)7-19(20(29)24(36)37)39-26(27,28)22-16(31)8-14(30)11-35-22/h5-11,38H,27-28H2,1-4H3. The van der Waals surface area contributed by atoms with Crippen LogP contribution in [0, 0.1) is 31.3 Å². The molecule has 4 aromatic rings. The third-order valence-electron chi connectivity index (χ3n) is 6.10. The fourth-order valence-electron chi connectivity index (χ4n) is 4.21. The highest BCUT2D eigenvalue weighted by molar-refractivity contribution is 6.39. The Kier molecular flexibility index (Phi) is 7.39. The molecule has 7 nitrogen and oxygen atoms in total. The Labute approximate surface area is 229 Å². The predicted molar refractivity (Wildman–Crippen MR) is 146 cm³/mol. The van der Waals surface area contributed by atoms with Crippen LogP contribution in [0.4, 0.5) is 13.2 Å². The first-order valence-electron chi connectivity index (χ1n) is 11.9. The van der Waals surface area contributed by atoms with E-state index in [-0.39, 0.29) is 33.4 Å². The molecule has 0 bridgehead atoms. The van der Waals surface area contributed by atoms with Crippen molar-refractivity contribution >= 4 is 27.3 Å². The minimum Gasteiger partial charge on any atom is -0.498 e. The van der Waals surface area contributed by atoms with Gasteiger partial charge >= 0.3 is 0 Å². The molecule has 4 heterocycles. The summed E-state index contributed by atoms with van der Waals surface area (Å²) in [7, 11) is 3.02. The van der Waals surface area contributed by atoms with E-state index in [0.29, 0.717) is 23.0 Å². The highest BCUT2D eigenvalue weighted by atomic mass is 35.5. The quantitative estimate of drug-likeness (QED) is 0.369. The molecule has 0 spiro atoms. The summed E-state index contributed by atoms with van der Waals surface area (Å²) in [6.45, 7) is 6.22. The smallest absolute Gasteiger partial charge is 0.277 e. The van der Waals surface area contributed by atoms with Crippen LogP contribution in [-0.4, -0.2) is 40.3 Å². The number of halogens is 4. The van der Waals surface area contributed by atoms with Crippen molar-refractivity contribution in [3.63, 3.8) is 0 Å². The minimum atomic E-state index is -1.52. The van der Waals surface area contributed by atoms with Gasteiger partial charge in [-0.15, -0.1) is 0 Å².